The Morgan fingerprint density at radius 3 is 1.76 bits per heavy atom. The molecule has 0 radical (unpaired) electrons. The van der Waals surface area contributed by atoms with Gasteiger partial charge in [-0.05, 0) is 32.4 Å². The molecular weight excluding hydrogens is 214 g/mol. The molecule has 0 fully saturated rings. The number of rotatable bonds is 11. The van der Waals surface area contributed by atoms with Crippen LogP contribution in [-0.2, 0) is 4.74 Å². The molecule has 0 aromatic heterocycles. The van der Waals surface area contributed by atoms with Crippen molar-refractivity contribution in [2.24, 2.45) is 0 Å². The average molecular weight is 247 g/mol. The molecule has 2 N–H and O–H groups in total. The Kier molecular flexibility index (Phi) is 24.0. The van der Waals surface area contributed by atoms with Crippen LogP contribution >= 0.6 is 0 Å². The fraction of sp³-hybridized carbons (Fsp3) is 1.00. The minimum atomic E-state index is 0.143. The van der Waals surface area contributed by atoms with Gasteiger partial charge in [-0.1, -0.05) is 40.0 Å². The molecule has 0 saturated heterocycles. The molecule has 17 heavy (non-hydrogen) atoms. The Balaban J connectivity index is 0. The minimum absolute atomic E-state index is 0.143. The standard InChI is InChI=1S/C8H19N.C6H14O2/c1-3-5-7-9-8-6-4-2;1-2-3-5-8-6-4-7/h9H,3-8H2,1-2H3;7H,2-6H2,1H3. The average Bonchev–Trinajstić information content (AvgIpc) is 2.36. The lowest BCUT2D eigenvalue weighted by Crippen LogP contribution is -2.15. The molecule has 3 nitrogen and oxygen atoms in total. The maximum atomic E-state index is 8.24. The monoisotopic (exact) mass is 247 g/mol. The molecular formula is C14H33NO2. The molecule has 3 heteroatoms. The molecule has 0 spiro atoms. The van der Waals surface area contributed by atoms with Crippen molar-refractivity contribution >= 4 is 0 Å². The van der Waals surface area contributed by atoms with Gasteiger partial charge in [-0.3, -0.25) is 0 Å². The maximum absolute atomic E-state index is 8.24. The van der Waals surface area contributed by atoms with Crippen molar-refractivity contribution in [3.8, 4) is 0 Å². The summed E-state index contributed by atoms with van der Waals surface area (Å²) in [6.45, 7) is 10.4. The van der Waals surface area contributed by atoms with Crippen LogP contribution < -0.4 is 5.32 Å². The molecule has 0 heterocycles. The van der Waals surface area contributed by atoms with Gasteiger partial charge in [-0.15, -0.1) is 0 Å². The summed E-state index contributed by atoms with van der Waals surface area (Å²) in [6, 6.07) is 0. The first-order valence-electron chi connectivity index (χ1n) is 7.22. The lowest BCUT2D eigenvalue weighted by atomic mass is 10.3. The zero-order chi connectivity index (χ0) is 13.2. The summed E-state index contributed by atoms with van der Waals surface area (Å²) in [4.78, 5) is 0. The Morgan fingerprint density at radius 1 is 0.824 bits per heavy atom. The predicted octanol–water partition coefficient (Wildman–Crippen LogP) is 2.97. The third-order valence-electron chi connectivity index (χ3n) is 2.29. The molecule has 0 atom stereocenters. The van der Waals surface area contributed by atoms with E-state index in [1.165, 1.54) is 38.8 Å². The van der Waals surface area contributed by atoms with Crippen molar-refractivity contribution in [2.75, 3.05) is 32.9 Å². The molecule has 0 bridgehead atoms. The summed E-state index contributed by atoms with van der Waals surface area (Å²) >= 11 is 0. The first kappa shape index (κ1) is 19.2. The van der Waals surface area contributed by atoms with Crippen LogP contribution in [0.5, 0.6) is 0 Å². The smallest absolute Gasteiger partial charge is 0.0697 e. The van der Waals surface area contributed by atoms with Gasteiger partial charge < -0.3 is 15.2 Å². The van der Waals surface area contributed by atoms with Crippen molar-refractivity contribution in [1.29, 1.82) is 0 Å². The number of unbranched alkanes of at least 4 members (excludes halogenated alkanes) is 3. The molecule has 0 unspecified atom stereocenters. The highest BCUT2D eigenvalue weighted by Crippen LogP contribution is 1.86. The van der Waals surface area contributed by atoms with Crippen LogP contribution in [0.15, 0.2) is 0 Å². The van der Waals surface area contributed by atoms with Crippen molar-refractivity contribution in [2.45, 2.75) is 59.3 Å². The van der Waals surface area contributed by atoms with Gasteiger partial charge in [0.2, 0.25) is 0 Å². The molecule has 0 amide bonds. The number of hydrogen-bond acceptors (Lipinski definition) is 3. The maximum Gasteiger partial charge on any atom is 0.0697 e. The molecule has 0 rings (SSSR count). The van der Waals surface area contributed by atoms with E-state index in [0.717, 1.165) is 19.4 Å². The fourth-order valence-electron chi connectivity index (χ4n) is 1.14. The number of nitrogens with one attached hydrogen (secondary N) is 1. The van der Waals surface area contributed by atoms with Crippen molar-refractivity contribution in [3.05, 3.63) is 0 Å². The summed E-state index contributed by atoms with van der Waals surface area (Å²) in [7, 11) is 0. The van der Waals surface area contributed by atoms with Crippen molar-refractivity contribution in [1.82, 2.24) is 5.32 Å². The Bertz CT molecular complexity index is 98.4. The molecule has 0 aliphatic heterocycles. The lowest BCUT2D eigenvalue weighted by Gasteiger charge is -1.99. The zero-order valence-corrected chi connectivity index (χ0v) is 12.1. The number of ether oxygens (including phenoxy) is 1. The third-order valence-corrected chi connectivity index (χ3v) is 2.29. The van der Waals surface area contributed by atoms with Gasteiger partial charge in [0.25, 0.3) is 0 Å². The predicted molar refractivity (Wildman–Crippen MR) is 75.5 cm³/mol. The minimum Gasteiger partial charge on any atom is -0.394 e. The molecule has 0 saturated carbocycles. The van der Waals surface area contributed by atoms with E-state index in [-0.39, 0.29) is 6.61 Å². The van der Waals surface area contributed by atoms with Crippen LogP contribution in [0.3, 0.4) is 0 Å². The lowest BCUT2D eigenvalue weighted by molar-refractivity contribution is 0.0904. The van der Waals surface area contributed by atoms with Crippen LogP contribution in [0.4, 0.5) is 0 Å². The molecule has 0 aliphatic carbocycles. The van der Waals surface area contributed by atoms with Crippen molar-refractivity contribution in [3.63, 3.8) is 0 Å². The van der Waals surface area contributed by atoms with Crippen LogP contribution in [0.1, 0.15) is 59.3 Å². The third kappa shape index (κ3) is 25.8. The molecule has 0 aromatic rings. The molecule has 106 valence electrons. The van der Waals surface area contributed by atoms with E-state index in [9.17, 15) is 0 Å². The second-order valence-electron chi connectivity index (χ2n) is 4.15. The normalized spacial score (nSPS) is 9.88. The summed E-state index contributed by atoms with van der Waals surface area (Å²) in [5.74, 6) is 0. The van der Waals surface area contributed by atoms with Crippen LogP contribution in [0.2, 0.25) is 0 Å². The highest BCUT2D eigenvalue weighted by molar-refractivity contribution is 4.45. The number of hydrogen-bond donors (Lipinski definition) is 2. The van der Waals surface area contributed by atoms with Crippen LogP contribution in [0, 0.1) is 0 Å². The van der Waals surface area contributed by atoms with Gasteiger partial charge in [0.1, 0.15) is 0 Å². The molecule has 0 aromatic carbocycles. The van der Waals surface area contributed by atoms with E-state index < -0.39 is 0 Å². The van der Waals surface area contributed by atoms with Gasteiger partial charge in [0.15, 0.2) is 0 Å². The Morgan fingerprint density at radius 2 is 1.35 bits per heavy atom. The van der Waals surface area contributed by atoms with Crippen LogP contribution in [0.25, 0.3) is 0 Å². The summed E-state index contributed by atoms with van der Waals surface area (Å²) in [5, 5.41) is 11.6. The van der Waals surface area contributed by atoms with Gasteiger partial charge in [-0.2, -0.15) is 0 Å². The van der Waals surface area contributed by atoms with E-state index in [4.69, 9.17) is 9.84 Å². The largest absolute Gasteiger partial charge is 0.394 e. The van der Waals surface area contributed by atoms with E-state index >= 15 is 0 Å². The number of aliphatic hydroxyl groups excluding tert-OH is 1. The van der Waals surface area contributed by atoms with Gasteiger partial charge in [0.05, 0.1) is 13.2 Å². The van der Waals surface area contributed by atoms with E-state index in [1.54, 1.807) is 0 Å². The molecule has 0 aliphatic rings. The van der Waals surface area contributed by atoms with E-state index in [2.05, 4.69) is 26.1 Å². The highest BCUT2D eigenvalue weighted by Gasteiger charge is 1.83. The summed E-state index contributed by atoms with van der Waals surface area (Å²) < 4.78 is 4.97. The van der Waals surface area contributed by atoms with E-state index in [0.29, 0.717) is 6.61 Å². The first-order valence-corrected chi connectivity index (χ1v) is 7.22. The van der Waals surface area contributed by atoms with Gasteiger partial charge >= 0.3 is 0 Å². The topological polar surface area (TPSA) is 41.5 Å². The van der Waals surface area contributed by atoms with Gasteiger partial charge in [-0.25, -0.2) is 0 Å². The van der Waals surface area contributed by atoms with E-state index in [1.807, 2.05) is 0 Å². The number of aliphatic hydroxyl groups is 1. The second-order valence-corrected chi connectivity index (χ2v) is 4.15. The zero-order valence-electron chi connectivity index (χ0n) is 12.1. The second kappa shape index (κ2) is 21.2. The summed E-state index contributed by atoms with van der Waals surface area (Å²) in [5.41, 5.74) is 0. The summed E-state index contributed by atoms with van der Waals surface area (Å²) in [6.07, 6.45) is 7.51. The SMILES string of the molecule is CCCCNCCCC.CCCCOCCO. The Labute approximate surface area is 108 Å². The highest BCUT2D eigenvalue weighted by atomic mass is 16.5. The first-order chi connectivity index (χ1) is 8.33. The van der Waals surface area contributed by atoms with Gasteiger partial charge in [0, 0.05) is 6.61 Å². The Hall–Kier alpha value is -0.120. The fourth-order valence-corrected chi connectivity index (χ4v) is 1.14. The van der Waals surface area contributed by atoms with Crippen LogP contribution in [-0.4, -0.2) is 38.0 Å². The van der Waals surface area contributed by atoms with Crippen molar-refractivity contribution < 1.29 is 9.84 Å². The quantitative estimate of drug-likeness (QED) is 0.552.